The van der Waals surface area contributed by atoms with E-state index in [-0.39, 0.29) is 11.3 Å². The number of benzene rings is 1. The van der Waals surface area contributed by atoms with E-state index in [1.54, 1.807) is 12.1 Å². The van der Waals surface area contributed by atoms with Crippen LogP contribution in [0.1, 0.15) is 28.0 Å². The Balaban J connectivity index is 2.51. The molecule has 1 aromatic carbocycles. The Labute approximate surface area is 112 Å². The fourth-order valence-electron chi connectivity index (χ4n) is 1.64. The Kier molecular flexibility index (Phi) is 3.79. The Morgan fingerprint density at radius 1 is 1.25 bits per heavy atom. The van der Waals surface area contributed by atoms with E-state index in [4.69, 9.17) is 0 Å². The van der Waals surface area contributed by atoms with Crippen molar-refractivity contribution >= 4 is 11.5 Å². The minimum absolute atomic E-state index is 0.0354. The molecule has 0 unspecified atom stereocenters. The molecule has 1 aromatic heterocycles. The molecule has 0 N–H and O–H groups in total. The number of pyridine rings is 1. The van der Waals surface area contributed by atoms with Gasteiger partial charge in [-0.2, -0.15) is 0 Å². The molecule has 0 bridgehead atoms. The van der Waals surface area contributed by atoms with Crippen LogP contribution < -0.4 is 0 Å². The smallest absolute Gasteiger partial charge is 0.270 e. The molecule has 0 spiro atoms. The highest BCUT2D eigenvalue weighted by Gasteiger charge is 2.19. The minimum Gasteiger partial charge on any atom is -0.287 e. The molecule has 0 aliphatic carbocycles. The van der Waals surface area contributed by atoms with Crippen LogP contribution in [-0.2, 0) is 0 Å². The van der Waals surface area contributed by atoms with Crippen LogP contribution in [0.4, 0.5) is 14.5 Å². The lowest BCUT2D eigenvalue weighted by Crippen LogP contribution is -2.05. The van der Waals surface area contributed by atoms with Crippen molar-refractivity contribution in [1.29, 1.82) is 0 Å². The van der Waals surface area contributed by atoms with E-state index in [0.717, 1.165) is 18.2 Å². The lowest BCUT2D eigenvalue weighted by molar-refractivity contribution is -0.385. The number of hydrogen-bond acceptors (Lipinski definition) is 4. The molecule has 7 heteroatoms. The van der Waals surface area contributed by atoms with Crippen molar-refractivity contribution in [3.63, 3.8) is 0 Å². The van der Waals surface area contributed by atoms with Crippen LogP contribution in [0, 0.1) is 10.1 Å². The van der Waals surface area contributed by atoms with Crippen LogP contribution in [0.3, 0.4) is 0 Å². The number of carbonyl (C=O) groups is 1. The van der Waals surface area contributed by atoms with Crippen molar-refractivity contribution < 1.29 is 18.5 Å². The standard InChI is InChI=1S/C13H8F2N2O3/c14-13(15)9-5-8(6-10(7-9)17(19)20)12(18)11-3-1-2-4-16-11/h1-7,13H. The number of rotatable bonds is 4. The molecule has 5 nitrogen and oxygen atoms in total. The van der Waals surface area contributed by atoms with Gasteiger partial charge in [0.2, 0.25) is 5.78 Å². The summed E-state index contributed by atoms with van der Waals surface area (Å²) in [6.45, 7) is 0. The second-order valence-corrected chi connectivity index (χ2v) is 3.92. The summed E-state index contributed by atoms with van der Waals surface area (Å²) in [4.78, 5) is 25.8. The highest BCUT2D eigenvalue weighted by atomic mass is 19.3. The monoisotopic (exact) mass is 278 g/mol. The lowest BCUT2D eigenvalue weighted by Gasteiger charge is -2.04. The maximum absolute atomic E-state index is 12.7. The van der Waals surface area contributed by atoms with Crippen LogP contribution >= 0.6 is 0 Å². The Morgan fingerprint density at radius 2 is 2.00 bits per heavy atom. The first kappa shape index (κ1) is 13.7. The highest BCUT2D eigenvalue weighted by molar-refractivity contribution is 6.08. The summed E-state index contributed by atoms with van der Waals surface area (Å²) in [5, 5.41) is 10.7. The van der Waals surface area contributed by atoms with Gasteiger partial charge < -0.3 is 0 Å². The first-order chi connectivity index (χ1) is 9.49. The van der Waals surface area contributed by atoms with Gasteiger partial charge >= 0.3 is 0 Å². The number of nitro groups is 1. The summed E-state index contributed by atoms with van der Waals surface area (Å²) in [6.07, 6.45) is -1.52. The molecule has 0 amide bonds. The van der Waals surface area contributed by atoms with Crippen molar-refractivity contribution in [2.75, 3.05) is 0 Å². The number of carbonyl (C=O) groups excluding carboxylic acids is 1. The van der Waals surface area contributed by atoms with Crippen LogP contribution in [0.2, 0.25) is 0 Å². The quantitative estimate of drug-likeness (QED) is 0.489. The summed E-state index contributed by atoms with van der Waals surface area (Å²) >= 11 is 0. The van der Waals surface area contributed by atoms with E-state index in [2.05, 4.69) is 4.98 Å². The topological polar surface area (TPSA) is 73.1 Å². The van der Waals surface area contributed by atoms with Gasteiger partial charge in [-0.15, -0.1) is 0 Å². The summed E-state index contributed by atoms with van der Waals surface area (Å²) in [5.74, 6) is -0.642. The molecule has 0 atom stereocenters. The third-order valence-electron chi connectivity index (χ3n) is 2.56. The zero-order valence-corrected chi connectivity index (χ0v) is 9.99. The van der Waals surface area contributed by atoms with Gasteiger partial charge in [0.05, 0.1) is 4.92 Å². The fraction of sp³-hybridized carbons (Fsp3) is 0.0769. The van der Waals surface area contributed by atoms with Gasteiger partial charge in [-0.3, -0.25) is 19.9 Å². The molecule has 0 saturated heterocycles. The molecular weight excluding hydrogens is 270 g/mol. The number of alkyl halides is 2. The van der Waals surface area contributed by atoms with Crippen LogP contribution in [0.15, 0.2) is 42.6 Å². The number of non-ortho nitro benzene ring substituents is 1. The number of nitrogens with zero attached hydrogens (tertiary/aromatic N) is 2. The average molecular weight is 278 g/mol. The van der Waals surface area contributed by atoms with Crippen LogP contribution in [0.5, 0.6) is 0 Å². The normalized spacial score (nSPS) is 10.6. The van der Waals surface area contributed by atoms with Gasteiger partial charge in [-0.1, -0.05) is 6.07 Å². The first-order valence-electron chi connectivity index (χ1n) is 5.52. The zero-order valence-electron chi connectivity index (χ0n) is 9.99. The predicted molar refractivity (Wildman–Crippen MR) is 65.7 cm³/mol. The maximum Gasteiger partial charge on any atom is 0.270 e. The van der Waals surface area contributed by atoms with E-state index in [1.807, 2.05) is 0 Å². The molecular formula is C13H8F2N2O3. The molecule has 0 fully saturated rings. The van der Waals surface area contributed by atoms with Crippen LogP contribution in [0.25, 0.3) is 0 Å². The van der Waals surface area contributed by atoms with E-state index in [1.165, 1.54) is 12.3 Å². The Hall–Kier alpha value is -2.70. The van der Waals surface area contributed by atoms with Crippen molar-refractivity contribution in [3.05, 3.63) is 69.5 Å². The van der Waals surface area contributed by atoms with E-state index in [0.29, 0.717) is 0 Å². The number of hydrogen-bond donors (Lipinski definition) is 0. The summed E-state index contributed by atoms with van der Waals surface area (Å²) < 4.78 is 25.4. The summed E-state index contributed by atoms with van der Waals surface area (Å²) in [6, 6.07) is 7.21. The summed E-state index contributed by atoms with van der Waals surface area (Å²) in [7, 11) is 0. The summed E-state index contributed by atoms with van der Waals surface area (Å²) in [5.41, 5.74) is -1.28. The van der Waals surface area contributed by atoms with Gasteiger partial charge in [0, 0.05) is 29.5 Å². The van der Waals surface area contributed by atoms with Crippen molar-refractivity contribution in [2.24, 2.45) is 0 Å². The van der Waals surface area contributed by atoms with Gasteiger partial charge in [0.15, 0.2) is 0 Å². The first-order valence-corrected chi connectivity index (χ1v) is 5.52. The third-order valence-corrected chi connectivity index (χ3v) is 2.56. The zero-order chi connectivity index (χ0) is 14.7. The van der Waals surface area contributed by atoms with Crippen molar-refractivity contribution in [1.82, 2.24) is 4.98 Å². The van der Waals surface area contributed by atoms with E-state index in [9.17, 15) is 23.7 Å². The third kappa shape index (κ3) is 2.82. The highest BCUT2D eigenvalue weighted by Crippen LogP contribution is 2.26. The van der Waals surface area contributed by atoms with E-state index < -0.39 is 28.4 Å². The molecule has 0 aliphatic heterocycles. The molecule has 2 aromatic rings. The number of ketones is 1. The number of halogens is 2. The van der Waals surface area contributed by atoms with Crippen molar-refractivity contribution in [2.45, 2.75) is 6.43 Å². The van der Waals surface area contributed by atoms with Gasteiger partial charge in [-0.05, 0) is 18.2 Å². The molecule has 1 heterocycles. The second kappa shape index (κ2) is 5.52. The second-order valence-electron chi connectivity index (χ2n) is 3.92. The SMILES string of the molecule is O=C(c1cc(C(F)F)cc([N+](=O)[O-])c1)c1ccccn1. The maximum atomic E-state index is 12.7. The van der Waals surface area contributed by atoms with Gasteiger partial charge in [0.1, 0.15) is 5.69 Å². The van der Waals surface area contributed by atoms with Gasteiger partial charge in [0.25, 0.3) is 12.1 Å². The molecule has 0 radical (unpaired) electrons. The molecule has 102 valence electrons. The average Bonchev–Trinajstić information content (AvgIpc) is 2.46. The minimum atomic E-state index is -2.90. The molecule has 2 rings (SSSR count). The van der Waals surface area contributed by atoms with Crippen LogP contribution in [-0.4, -0.2) is 15.7 Å². The number of aromatic nitrogens is 1. The Morgan fingerprint density at radius 3 is 2.55 bits per heavy atom. The lowest BCUT2D eigenvalue weighted by atomic mass is 10.0. The predicted octanol–water partition coefficient (Wildman–Crippen LogP) is 3.16. The van der Waals surface area contributed by atoms with Crippen molar-refractivity contribution in [3.8, 4) is 0 Å². The number of nitro benzene ring substituents is 1. The molecule has 20 heavy (non-hydrogen) atoms. The largest absolute Gasteiger partial charge is 0.287 e. The molecule has 0 aliphatic rings. The molecule has 0 saturated carbocycles. The van der Waals surface area contributed by atoms with E-state index >= 15 is 0 Å². The Bertz CT molecular complexity index is 660. The van der Waals surface area contributed by atoms with Gasteiger partial charge in [-0.25, -0.2) is 8.78 Å². The fourth-order valence-corrected chi connectivity index (χ4v) is 1.64.